The van der Waals surface area contributed by atoms with Gasteiger partial charge in [0.05, 0.1) is 10.5 Å². The van der Waals surface area contributed by atoms with E-state index >= 15 is 0 Å². The van der Waals surface area contributed by atoms with Gasteiger partial charge < -0.3 is 0 Å². The first-order valence-electron chi connectivity index (χ1n) is 6.25. The molecule has 0 bridgehead atoms. The molecule has 1 nitrogen and oxygen atoms in total. The van der Waals surface area contributed by atoms with E-state index in [1.54, 1.807) is 0 Å². The maximum Gasteiger partial charge on any atom is 0.0720 e. The van der Waals surface area contributed by atoms with Crippen LogP contribution in [0.5, 0.6) is 0 Å². The number of hydrogen-bond acceptors (Lipinski definition) is 1. The Hall–Kier alpha value is -1.08. The van der Waals surface area contributed by atoms with Crippen LogP contribution in [0.2, 0.25) is 5.02 Å². The molecule has 1 aromatic carbocycles. The van der Waals surface area contributed by atoms with Gasteiger partial charge in [-0.1, -0.05) is 31.5 Å². The molecule has 0 radical (unpaired) electrons. The lowest BCUT2D eigenvalue weighted by atomic mass is 10.0. The number of hydrogen-bond donors (Lipinski definition) is 0. The second-order valence-corrected chi connectivity index (χ2v) is 5.64. The normalized spacial score (nSPS) is 15.8. The lowest BCUT2D eigenvalue weighted by Crippen LogP contribution is -1.92. The van der Waals surface area contributed by atoms with Crippen molar-refractivity contribution >= 4 is 22.5 Å². The molecule has 17 heavy (non-hydrogen) atoms. The van der Waals surface area contributed by atoms with Gasteiger partial charge in [0.25, 0.3) is 0 Å². The Morgan fingerprint density at radius 3 is 2.65 bits per heavy atom. The fourth-order valence-electron chi connectivity index (χ4n) is 2.17. The van der Waals surface area contributed by atoms with Crippen LogP contribution in [0.1, 0.15) is 49.8 Å². The van der Waals surface area contributed by atoms with Crippen LogP contribution >= 0.6 is 11.6 Å². The minimum atomic E-state index is 0.526. The highest BCUT2D eigenvalue weighted by Crippen LogP contribution is 2.41. The topological polar surface area (TPSA) is 12.9 Å². The van der Waals surface area contributed by atoms with Crippen LogP contribution in [0.4, 0.5) is 0 Å². The molecule has 1 heterocycles. The standard InChI is InChI=1S/C15H16ClN/c1-9(2)11-5-6-14-12(7-11)13(16)8-15(17-14)10-3-4-10/h5-10H,3-4H2,1-2H3. The molecule has 0 spiro atoms. The van der Waals surface area contributed by atoms with Gasteiger partial charge in [0.15, 0.2) is 0 Å². The first-order chi connectivity index (χ1) is 8.15. The highest BCUT2D eigenvalue weighted by Gasteiger charge is 2.25. The van der Waals surface area contributed by atoms with Crippen molar-refractivity contribution in [3.8, 4) is 0 Å². The number of halogens is 1. The van der Waals surface area contributed by atoms with Crippen LogP contribution < -0.4 is 0 Å². The zero-order chi connectivity index (χ0) is 12.0. The van der Waals surface area contributed by atoms with Crippen LogP contribution in [-0.4, -0.2) is 4.98 Å². The summed E-state index contributed by atoms with van der Waals surface area (Å²) in [5.74, 6) is 1.18. The van der Waals surface area contributed by atoms with E-state index < -0.39 is 0 Å². The fraction of sp³-hybridized carbons (Fsp3) is 0.400. The maximum atomic E-state index is 6.37. The van der Waals surface area contributed by atoms with Gasteiger partial charge in [-0.2, -0.15) is 0 Å². The molecule has 0 aliphatic heterocycles. The molecule has 1 fully saturated rings. The Kier molecular flexibility index (Phi) is 2.59. The number of pyridine rings is 1. The quantitative estimate of drug-likeness (QED) is 0.734. The molecule has 0 atom stereocenters. The van der Waals surface area contributed by atoms with Gasteiger partial charge in [0.2, 0.25) is 0 Å². The summed E-state index contributed by atoms with van der Waals surface area (Å²) < 4.78 is 0. The molecular formula is C15H16ClN. The average Bonchev–Trinajstić information content (AvgIpc) is 3.12. The maximum absolute atomic E-state index is 6.37. The second kappa shape index (κ2) is 3.99. The van der Waals surface area contributed by atoms with E-state index in [1.807, 2.05) is 6.07 Å². The number of nitrogens with zero attached hydrogens (tertiary/aromatic N) is 1. The highest BCUT2D eigenvalue weighted by atomic mass is 35.5. The van der Waals surface area contributed by atoms with Crippen molar-refractivity contribution in [2.24, 2.45) is 0 Å². The van der Waals surface area contributed by atoms with Crippen molar-refractivity contribution in [3.05, 3.63) is 40.5 Å². The lowest BCUT2D eigenvalue weighted by Gasteiger charge is -2.09. The SMILES string of the molecule is CC(C)c1ccc2nc(C3CC3)cc(Cl)c2c1. The molecule has 1 saturated carbocycles. The van der Waals surface area contributed by atoms with Crippen LogP contribution in [0, 0.1) is 0 Å². The van der Waals surface area contributed by atoms with E-state index in [1.165, 1.54) is 24.1 Å². The van der Waals surface area contributed by atoms with Crippen LogP contribution in [0.15, 0.2) is 24.3 Å². The van der Waals surface area contributed by atoms with Gasteiger partial charge in [-0.25, -0.2) is 0 Å². The summed E-state index contributed by atoms with van der Waals surface area (Å²) in [6.07, 6.45) is 2.53. The molecule has 1 aromatic heterocycles. The monoisotopic (exact) mass is 245 g/mol. The predicted molar refractivity (Wildman–Crippen MR) is 72.8 cm³/mol. The molecule has 0 N–H and O–H groups in total. The van der Waals surface area contributed by atoms with E-state index in [2.05, 4.69) is 32.0 Å². The minimum absolute atomic E-state index is 0.526. The summed E-state index contributed by atoms with van der Waals surface area (Å²) in [7, 11) is 0. The van der Waals surface area contributed by atoms with Crippen LogP contribution in [0.3, 0.4) is 0 Å². The van der Waals surface area contributed by atoms with Crippen LogP contribution in [0.25, 0.3) is 10.9 Å². The molecule has 2 heteroatoms. The summed E-state index contributed by atoms with van der Waals surface area (Å²) in [5.41, 5.74) is 3.52. The first kappa shape index (κ1) is 11.0. The average molecular weight is 246 g/mol. The molecule has 0 saturated heterocycles. The van der Waals surface area contributed by atoms with Gasteiger partial charge in [0.1, 0.15) is 0 Å². The number of rotatable bonds is 2. The third-order valence-corrected chi connectivity index (χ3v) is 3.78. The van der Waals surface area contributed by atoms with E-state index in [0.29, 0.717) is 11.8 Å². The van der Waals surface area contributed by atoms with Gasteiger partial charge in [-0.15, -0.1) is 0 Å². The zero-order valence-corrected chi connectivity index (χ0v) is 11.0. The second-order valence-electron chi connectivity index (χ2n) is 5.23. The van der Waals surface area contributed by atoms with Crippen molar-refractivity contribution < 1.29 is 0 Å². The lowest BCUT2D eigenvalue weighted by molar-refractivity contribution is 0.868. The molecule has 0 amide bonds. The molecule has 2 aromatic rings. The van der Waals surface area contributed by atoms with Gasteiger partial charge in [-0.05, 0) is 42.5 Å². The highest BCUT2D eigenvalue weighted by molar-refractivity contribution is 6.35. The van der Waals surface area contributed by atoms with Crippen molar-refractivity contribution in [1.82, 2.24) is 4.98 Å². The molecular weight excluding hydrogens is 230 g/mol. The predicted octanol–water partition coefficient (Wildman–Crippen LogP) is 4.89. The van der Waals surface area contributed by atoms with E-state index in [-0.39, 0.29) is 0 Å². The number of benzene rings is 1. The Bertz CT molecular complexity index is 570. The van der Waals surface area contributed by atoms with E-state index in [4.69, 9.17) is 16.6 Å². The van der Waals surface area contributed by atoms with Crippen molar-refractivity contribution in [2.45, 2.75) is 38.5 Å². The van der Waals surface area contributed by atoms with Gasteiger partial charge in [-0.3, -0.25) is 4.98 Å². The van der Waals surface area contributed by atoms with Crippen molar-refractivity contribution in [1.29, 1.82) is 0 Å². The largest absolute Gasteiger partial charge is 0.252 e. The third-order valence-electron chi connectivity index (χ3n) is 3.46. The van der Waals surface area contributed by atoms with Crippen molar-refractivity contribution in [3.63, 3.8) is 0 Å². The van der Waals surface area contributed by atoms with Gasteiger partial charge in [0, 0.05) is 17.0 Å². The van der Waals surface area contributed by atoms with E-state index in [0.717, 1.165) is 15.9 Å². The van der Waals surface area contributed by atoms with Crippen molar-refractivity contribution in [2.75, 3.05) is 0 Å². The Morgan fingerprint density at radius 1 is 1.24 bits per heavy atom. The third kappa shape index (κ3) is 2.04. The first-order valence-corrected chi connectivity index (χ1v) is 6.63. The zero-order valence-electron chi connectivity index (χ0n) is 10.2. The van der Waals surface area contributed by atoms with Crippen LogP contribution in [-0.2, 0) is 0 Å². The summed E-state index contributed by atoms with van der Waals surface area (Å²) in [4.78, 5) is 4.71. The minimum Gasteiger partial charge on any atom is -0.252 e. The summed E-state index contributed by atoms with van der Waals surface area (Å²) >= 11 is 6.37. The Labute approximate surface area is 107 Å². The van der Waals surface area contributed by atoms with Gasteiger partial charge >= 0.3 is 0 Å². The van der Waals surface area contributed by atoms with E-state index in [9.17, 15) is 0 Å². The summed E-state index contributed by atoms with van der Waals surface area (Å²) in [6.45, 7) is 4.39. The molecule has 1 aliphatic carbocycles. The number of aromatic nitrogens is 1. The summed E-state index contributed by atoms with van der Waals surface area (Å²) in [6, 6.07) is 8.48. The summed E-state index contributed by atoms with van der Waals surface area (Å²) in [5, 5.41) is 1.93. The molecule has 3 rings (SSSR count). The number of fused-ring (bicyclic) bond motifs is 1. The smallest absolute Gasteiger partial charge is 0.0720 e. The Morgan fingerprint density at radius 2 is 2.00 bits per heavy atom. The molecule has 0 unspecified atom stereocenters. The Balaban J connectivity index is 2.17. The molecule has 88 valence electrons. The fourth-order valence-corrected chi connectivity index (χ4v) is 2.43. The molecule has 1 aliphatic rings.